The van der Waals surface area contributed by atoms with Crippen LogP contribution in [0.5, 0.6) is 0 Å². The highest BCUT2D eigenvalue weighted by Gasteiger charge is 2.42. The first-order valence-corrected chi connectivity index (χ1v) is 11.9. The molecule has 0 spiro atoms. The summed E-state index contributed by atoms with van der Waals surface area (Å²) < 4.78 is 6.39. The van der Waals surface area contributed by atoms with Crippen LogP contribution in [0.3, 0.4) is 0 Å². The zero-order valence-electron chi connectivity index (χ0n) is 16.3. The van der Waals surface area contributed by atoms with Gasteiger partial charge in [0.2, 0.25) is 5.91 Å². The number of rotatable bonds is 5. The van der Waals surface area contributed by atoms with Crippen LogP contribution in [0.2, 0.25) is 18.1 Å². The van der Waals surface area contributed by atoms with E-state index in [0.29, 0.717) is 6.61 Å². The maximum Gasteiger partial charge on any atom is 0.226 e. The second-order valence-electron chi connectivity index (χ2n) is 8.70. The summed E-state index contributed by atoms with van der Waals surface area (Å²) in [6.45, 7) is 17.0. The van der Waals surface area contributed by atoms with Gasteiger partial charge < -0.3 is 9.33 Å². The second-order valence-corrected chi connectivity index (χ2v) is 13.5. The molecule has 0 saturated carbocycles. The Morgan fingerprint density at radius 3 is 2.38 bits per heavy atom. The lowest BCUT2D eigenvalue weighted by Crippen LogP contribution is -2.42. The molecule has 1 amide bonds. The van der Waals surface area contributed by atoms with Gasteiger partial charge in [-0.15, -0.1) is 0 Å². The van der Waals surface area contributed by atoms with Crippen LogP contribution in [0, 0.1) is 11.8 Å². The summed E-state index contributed by atoms with van der Waals surface area (Å²) in [7, 11) is -1.77. The van der Waals surface area contributed by atoms with Crippen LogP contribution in [0.25, 0.3) is 0 Å². The molecule has 2 rings (SSSR count). The summed E-state index contributed by atoms with van der Waals surface area (Å²) in [4.78, 5) is 14.8. The number of amides is 1. The molecule has 3 nitrogen and oxygen atoms in total. The van der Waals surface area contributed by atoms with Crippen molar-refractivity contribution in [1.29, 1.82) is 0 Å². The van der Waals surface area contributed by atoms with E-state index in [1.807, 2.05) is 23.1 Å². The van der Waals surface area contributed by atoms with Crippen molar-refractivity contribution >= 4 is 14.2 Å². The van der Waals surface area contributed by atoms with Gasteiger partial charge in [0.05, 0.1) is 6.04 Å². The third-order valence-electron chi connectivity index (χ3n) is 6.02. The molecule has 0 bridgehead atoms. The first kappa shape index (κ1) is 19.2. The highest BCUT2D eigenvalue weighted by atomic mass is 28.4. The molecule has 1 fully saturated rings. The van der Waals surface area contributed by atoms with E-state index >= 15 is 0 Å². The number of benzene rings is 1. The zero-order valence-corrected chi connectivity index (χ0v) is 17.3. The van der Waals surface area contributed by atoms with E-state index in [0.717, 1.165) is 6.54 Å². The highest BCUT2D eigenvalue weighted by Crippen LogP contribution is 2.38. The molecule has 1 aliphatic heterocycles. The molecular weight excluding hydrogens is 314 g/mol. The van der Waals surface area contributed by atoms with Crippen LogP contribution in [-0.4, -0.2) is 32.3 Å². The Bertz CT molecular complexity index is 565. The molecule has 1 aromatic rings. The predicted molar refractivity (Wildman–Crippen MR) is 102 cm³/mol. The van der Waals surface area contributed by atoms with Gasteiger partial charge in [-0.2, -0.15) is 0 Å². The molecule has 1 aliphatic rings. The van der Waals surface area contributed by atoms with Crippen LogP contribution in [-0.2, 0) is 9.22 Å². The van der Waals surface area contributed by atoms with E-state index < -0.39 is 8.32 Å². The van der Waals surface area contributed by atoms with Crippen molar-refractivity contribution < 1.29 is 9.22 Å². The van der Waals surface area contributed by atoms with Crippen LogP contribution < -0.4 is 0 Å². The van der Waals surface area contributed by atoms with Crippen molar-refractivity contribution in [3.05, 3.63) is 35.9 Å². The van der Waals surface area contributed by atoms with Crippen molar-refractivity contribution in [3.63, 3.8) is 0 Å². The van der Waals surface area contributed by atoms with Gasteiger partial charge in [0.15, 0.2) is 8.32 Å². The Kier molecular flexibility index (Phi) is 5.60. The van der Waals surface area contributed by atoms with Crippen LogP contribution in [0.15, 0.2) is 30.3 Å². The summed E-state index contributed by atoms with van der Waals surface area (Å²) in [5, 5.41) is 0.204. The Labute approximate surface area is 148 Å². The zero-order chi connectivity index (χ0) is 18.1. The third kappa shape index (κ3) is 3.91. The molecular formula is C20H33NO2Si. The molecule has 0 aliphatic carbocycles. The Hall–Kier alpha value is -1.13. The van der Waals surface area contributed by atoms with Gasteiger partial charge >= 0.3 is 0 Å². The lowest BCUT2D eigenvalue weighted by atomic mass is 9.99. The van der Waals surface area contributed by atoms with E-state index in [1.165, 1.54) is 5.56 Å². The molecule has 4 heteroatoms. The van der Waals surface area contributed by atoms with Gasteiger partial charge in [-0.25, -0.2) is 0 Å². The van der Waals surface area contributed by atoms with Crippen LogP contribution >= 0.6 is 0 Å². The number of carbonyl (C=O) groups excluding carboxylic acids is 1. The Balaban J connectivity index is 2.04. The van der Waals surface area contributed by atoms with E-state index in [9.17, 15) is 4.79 Å². The minimum absolute atomic E-state index is 0.0425. The quantitative estimate of drug-likeness (QED) is 0.712. The molecule has 0 N–H and O–H groups in total. The first-order chi connectivity index (χ1) is 11.0. The summed E-state index contributed by atoms with van der Waals surface area (Å²) >= 11 is 0. The highest BCUT2D eigenvalue weighted by molar-refractivity contribution is 6.74. The van der Waals surface area contributed by atoms with Gasteiger partial charge in [-0.1, -0.05) is 58.0 Å². The second kappa shape index (κ2) is 7.01. The van der Waals surface area contributed by atoms with Gasteiger partial charge in [0.1, 0.15) is 0 Å². The first-order valence-electron chi connectivity index (χ1n) is 9.04. The molecule has 0 aromatic heterocycles. The average Bonchev–Trinajstić information content (AvgIpc) is 2.80. The van der Waals surface area contributed by atoms with E-state index in [4.69, 9.17) is 4.43 Å². The third-order valence-corrected chi connectivity index (χ3v) is 10.5. The number of nitrogens with zero attached hydrogens (tertiary/aromatic N) is 1. The molecule has 3 atom stereocenters. The largest absolute Gasteiger partial charge is 0.416 e. The minimum atomic E-state index is -1.77. The number of hydrogen-bond donors (Lipinski definition) is 0. The Morgan fingerprint density at radius 2 is 1.83 bits per heavy atom. The molecule has 1 saturated heterocycles. The molecule has 134 valence electrons. The number of carbonyl (C=O) groups is 1. The lowest BCUT2D eigenvalue weighted by molar-refractivity contribution is -0.132. The fourth-order valence-electron chi connectivity index (χ4n) is 2.95. The molecule has 24 heavy (non-hydrogen) atoms. The lowest BCUT2D eigenvalue weighted by Gasteiger charge is -2.37. The van der Waals surface area contributed by atoms with Crippen molar-refractivity contribution in [2.24, 2.45) is 11.8 Å². The number of hydrogen-bond acceptors (Lipinski definition) is 2. The van der Waals surface area contributed by atoms with Gasteiger partial charge in [0.25, 0.3) is 0 Å². The van der Waals surface area contributed by atoms with Crippen molar-refractivity contribution in [3.8, 4) is 0 Å². The van der Waals surface area contributed by atoms with Gasteiger partial charge in [-0.05, 0) is 30.6 Å². The molecule has 1 heterocycles. The van der Waals surface area contributed by atoms with Crippen molar-refractivity contribution in [2.45, 2.75) is 58.8 Å². The average molecular weight is 348 g/mol. The maximum atomic E-state index is 12.7. The standard InChI is InChI=1S/C20H33NO2Si/c1-15-18(14-23-24(6,7)20(3,4)5)13-21(19(15)22)16(2)17-11-9-8-10-12-17/h8-12,15-16,18H,13-14H2,1-7H3/t15-,16-,18-/m1/s1. The molecule has 0 unspecified atom stereocenters. The summed E-state index contributed by atoms with van der Waals surface area (Å²) in [6, 6.07) is 10.4. The van der Waals surface area contributed by atoms with Crippen molar-refractivity contribution in [1.82, 2.24) is 4.90 Å². The van der Waals surface area contributed by atoms with E-state index in [-0.39, 0.29) is 28.8 Å². The SMILES string of the molecule is C[C@H](c1ccccc1)N1C[C@H](CO[Si](C)(C)C(C)(C)C)[C@@H](C)C1=O. The van der Waals surface area contributed by atoms with Crippen molar-refractivity contribution in [2.75, 3.05) is 13.2 Å². The summed E-state index contributed by atoms with van der Waals surface area (Å²) in [6.07, 6.45) is 0. The fourth-order valence-corrected chi connectivity index (χ4v) is 4.02. The smallest absolute Gasteiger partial charge is 0.226 e. The number of likely N-dealkylation sites (tertiary alicyclic amines) is 1. The molecule has 1 aromatic carbocycles. The van der Waals surface area contributed by atoms with E-state index in [2.05, 4.69) is 59.8 Å². The normalized spacial score (nSPS) is 23.6. The topological polar surface area (TPSA) is 29.5 Å². The monoisotopic (exact) mass is 347 g/mol. The minimum Gasteiger partial charge on any atom is -0.416 e. The fraction of sp³-hybridized carbons (Fsp3) is 0.650. The summed E-state index contributed by atoms with van der Waals surface area (Å²) in [5.74, 6) is 0.592. The van der Waals surface area contributed by atoms with Gasteiger partial charge in [0, 0.05) is 25.0 Å². The Morgan fingerprint density at radius 1 is 1.25 bits per heavy atom. The summed E-state index contributed by atoms with van der Waals surface area (Å²) in [5.41, 5.74) is 1.20. The maximum absolute atomic E-state index is 12.7. The van der Waals surface area contributed by atoms with E-state index in [1.54, 1.807) is 0 Å². The predicted octanol–water partition coefficient (Wildman–Crippen LogP) is 4.86. The van der Waals surface area contributed by atoms with Gasteiger partial charge in [-0.3, -0.25) is 4.79 Å². The molecule has 0 radical (unpaired) electrons. The van der Waals surface area contributed by atoms with Crippen LogP contribution in [0.4, 0.5) is 0 Å². The van der Waals surface area contributed by atoms with Crippen LogP contribution in [0.1, 0.15) is 46.2 Å².